The van der Waals surface area contributed by atoms with Crippen molar-refractivity contribution in [1.29, 1.82) is 0 Å². The van der Waals surface area contributed by atoms with Gasteiger partial charge in [0.05, 0.1) is 0 Å². The van der Waals surface area contributed by atoms with E-state index < -0.39 is 0 Å². The minimum absolute atomic E-state index is 0.365. The van der Waals surface area contributed by atoms with Gasteiger partial charge in [-0.3, -0.25) is 4.98 Å². The molecule has 0 aromatic carbocycles. The van der Waals surface area contributed by atoms with Crippen LogP contribution in [0.3, 0.4) is 0 Å². The van der Waals surface area contributed by atoms with Crippen LogP contribution in [0.5, 0.6) is 0 Å². The van der Waals surface area contributed by atoms with Crippen LogP contribution in [-0.2, 0) is 6.54 Å². The van der Waals surface area contributed by atoms with Gasteiger partial charge in [-0.1, -0.05) is 20.8 Å². The summed E-state index contributed by atoms with van der Waals surface area (Å²) in [7, 11) is 0. The standard InChI is InChI=1S/C14H20N4/c1-4-8-18-13(15)12(17-14(18)10(2)3)11-6-5-7-16-9-11/h5-7,9-10H,4,8,15H2,1-3H3. The molecule has 0 unspecified atom stereocenters. The number of rotatable bonds is 4. The zero-order valence-electron chi connectivity index (χ0n) is 11.2. The Morgan fingerprint density at radius 3 is 2.72 bits per heavy atom. The number of nitrogens with zero attached hydrogens (tertiary/aromatic N) is 3. The monoisotopic (exact) mass is 244 g/mol. The van der Waals surface area contributed by atoms with Crippen molar-refractivity contribution in [3.63, 3.8) is 0 Å². The first-order valence-corrected chi connectivity index (χ1v) is 6.41. The topological polar surface area (TPSA) is 56.7 Å². The van der Waals surface area contributed by atoms with E-state index in [9.17, 15) is 0 Å². The zero-order chi connectivity index (χ0) is 13.1. The van der Waals surface area contributed by atoms with E-state index in [2.05, 4.69) is 30.3 Å². The van der Waals surface area contributed by atoms with Crippen molar-refractivity contribution >= 4 is 5.82 Å². The molecule has 0 spiro atoms. The molecule has 0 radical (unpaired) electrons. The molecule has 18 heavy (non-hydrogen) atoms. The van der Waals surface area contributed by atoms with E-state index in [0.29, 0.717) is 5.92 Å². The van der Waals surface area contributed by atoms with Crippen LogP contribution in [0.15, 0.2) is 24.5 Å². The largest absolute Gasteiger partial charge is 0.383 e. The fourth-order valence-corrected chi connectivity index (χ4v) is 2.10. The Bertz CT molecular complexity index is 514. The van der Waals surface area contributed by atoms with Crippen LogP contribution in [0.4, 0.5) is 5.82 Å². The first-order valence-electron chi connectivity index (χ1n) is 6.41. The Hall–Kier alpha value is -1.84. The molecule has 0 bridgehead atoms. The van der Waals surface area contributed by atoms with Crippen LogP contribution >= 0.6 is 0 Å². The molecule has 0 aliphatic heterocycles. The van der Waals surface area contributed by atoms with E-state index in [0.717, 1.165) is 35.9 Å². The summed E-state index contributed by atoms with van der Waals surface area (Å²) < 4.78 is 2.12. The molecule has 4 heteroatoms. The molecule has 2 heterocycles. The first-order chi connectivity index (χ1) is 8.65. The Morgan fingerprint density at radius 2 is 2.17 bits per heavy atom. The minimum atomic E-state index is 0.365. The molecule has 96 valence electrons. The smallest absolute Gasteiger partial charge is 0.131 e. The number of nitrogens with two attached hydrogens (primary N) is 1. The van der Waals surface area contributed by atoms with Gasteiger partial charge in [-0.15, -0.1) is 0 Å². The van der Waals surface area contributed by atoms with Gasteiger partial charge in [-0.2, -0.15) is 0 Å². The van der Waals surface area contributed by atoms with Crippen LogP contribution < -0.4 is 5.73 Å². The highest BCUT2D eigenvalue weighted by Gasteiger charge is 2.17. The SMILES string of the molecule is CCCn1c(C(C)C)nc(-c2cccnc2)c1N. The van der Waals surface area contributed by atoms with Crippen molar-refractivity contribution in [3.8, 4) is 11.3 Å². The fraction of sp³-hybridized carbons (Fsp3) is 0.429. The molecule has 0 aliphatic carbocycles. The number of nitrogen functional groups attached to an aromatic ring is 1. The molecule has 2 N–H and O–H groups in total. The van der Waals surface area contributed by atoms with Crippen molar-refractivity contribution in [2.45, 2.75) is 39.7 Å². The maximum absolute atomic E-state index is 6.23. The molecule has 4 nitrogen and oxygen atoms in total. The predicted octanol–water partition coefficient (Wildman–Crippen LogP) is 3.06. The third-order valence-electron chi connectivity index (χ3n) is 2.93. The Labute approximate surface area is 108 Å². The maximum atomic E-state index is 6.23. The third-order valence-corrected chi connectivity index (χ3v) is 2.93. The summed E-state index contributed by atoms with van der Waals surface area (Å²) in [6.45, 7) is 7.34. The predicted molar refractivity (Wildman–Crippen MR) is 74.3 cm³/mol. The van der Waals surface area contributed by atoms with Gasteiger partial charge < -0.3 is 10.3 Å². The number of pyridine rings is 1. The van der Waals surface area contributed by atoms with E-state index in [4.69, 9.17) is 10.7 Å². The van der Waals surface area contributed by atoms with Crippen molar-refractivity contribution in [3.05, 3.63) is 30.4 Å². The molecule has 0 saturated carbocycles. The maximum Gasteiger partial charge on any atom is 0.131 e. The van der Waals surface area contributed by atoms with E-state index in [-0.39, 0.29) is 0 Å². The van der Waals surface area contributed by atoms with E-state index in [1.165, 1.54) is 0 Å². The fourth-order valence-electron chi connectivity index (χ4n) is 2.10. The highest BCUT2D eigenvalue weighted by Crippen LogP contribution is 2.28. The summed E-state index contributed by atoms with van der Waals surface area (Å²) in [6, 6.07) is 3.90. The number of hydrogen-bond acceptors (Lipinski definition) is 3. The van der Waals surface area contributed by atoms with Gasteiger partial charge >= 0.3 is 0 Å². The van der Waals surface area contributed by atoms with Crippen molar-refractivity contribution in [2.75, 3.05) is 5.73 Å². The summed E-state index contributed by atoms with van der Waals surface area (Å²) >= 11 is 0. The lowest BCUT2D eigenvalue weighted by atomic mass is 10.2. The van der Waals surface area contributed by atoms with Gasteiger partial charge in [0.1, 0.15) is 17.3 Å². The quantitative estimate of drug-likeness (QED) is 0.899. The van der Waals surface area contributed by atoms with Crippen LogP contribution in [-0.4, -0.2) is 14.5 Å². The molecule has 0 amide bonds. The average molecular weight is 244 g/mol. The van der Waals surface area contributed by atoms with Crippen LogP contribution in [0, 0.1) is 0 Å². The normalized spacial score (nSPS) is 11.1. The number of hydrogen-bond donors (Lipinski definition) is 1. The van der Waals surface area contributed by atoms with Crippen molar-refractivity contribution in [1.82, 2.24) is 14.5 Å². The van der Waals surface area contributed by atoms with E-state index in [1.54, 1.807) is 12.4 Å². The van der Waals surface area contributed by atoms with Gasteiger partial charge in [0.15, 0.2) is 0 Å². The number of aromatic nitrogens is 3. The van der Waals surface area contributed by atoms with Crippen LogP contribution in [0.25, 0.3) is 11.3 Å². The van der Waals surface area contributed by atoms with Crippen molar-refractivity contribution < 1.29 is 0 Å². The van der Waals surface area contributed by atoms with Gasteiger partial charge in [-0.25, -0.2) is 4.98 Å². The molecular weight excluding hydrogens is 224 g/mol. The Balaban J connectivity index is 2.53. The van der Waals surface area contributed by atoms with Crippen LogP contribution in [0.1, 0.15) is 38.9 Å². The molecule has 0 saturated heterocycles. The third kappa shape index (κ3) is 2.23. The van der Waals surface area contributed by atoms with Crippen molar-refractivity contribution in [2.24, 2.45) is 0 Å². The minimum Gasteiger partial charge on any atom is -0.383 e. The lowest BCUT2D eigenvalue weighted by molar-refractivity contribution is 0.616. The Kier molecular flexibility index (Phi) is 3.65. The molecular formula is C14H20N4. The highest BCUT2D eigenvalue weighted by atomic mass is 15.1. The lowest BCUT2D eigenvalue weighted by Crippen LogP contribution is -2.08. The second-order valence-electron chi connectivity index (χ2n) is 4.75. The molecule has 0 aliphatic rings. The molecule has 2 aromatic heterocycles. The lowest BCUT2D eigenvalue weighted by Gasteiger charge is -2.10. The van der Waals surface area contributed by atoms with E-state index >= 15 is 0 Å². The molecule has 2 aromatic rings. The summed E-state index contributed by atoms with van der Waals surface area (Å²) in [5.41, 5.74) is 8.06. The Morgan fingerprint density at radius 1 is 1.39 bits per heavy atom. The zero-order valence-corrected chi connectivity index (χ0v) is 11.2. The molecule has 0 atom stereocenters. The van der Waals surface area contributed by atoms with Gasteiger partial charge in [0, 0.05) is 30.4 Å². The first kappa shape index (κ1) is 12.6. The summed E-state index contributed by atoms with van der Waals surface area (Å²) in [6.07, 6.45) is 4.61. The second-order valence-corrected chi connectivity index (χ2v) is 4.75. The van der Waals surface area contributed by atoms with Gasteiger partial charge in [0.2, 0.25) is 0 Å². The van der Waals surface area contributed by atoms with Crippen LogP contribution in [0.2, 0.25) is 0 Å². The van der Waals surface area contributed by atoms with Gasteiger partial charge in [0.25, 0.3) is 0 Å². The van der Waals surface area contributed by atoms with E-state index in [1.807, 2.05) is 12.1 Å². The average Bonchev–Trinajstić information content (AvgIpc) is 2.69. The summed E-state index contributed by atoms with van der Waals surface area (Å²) in [5.74, 6) is 2.16. The number of imidazole rings is 1. The van der Waals surface area contributed by atoms with Gasteiger partial charge in [-0.05, 0) is 18.6 Å². The number of anilines is 1. The second kappa shape index (κ2) is 5.21. The summed E-state index contributed by atoms with van der Waals surface area (Å²) in [4.78, 5) is 8.82. The summed E-state index contributed by atoms with van der Waals surface area (Å²) in [5, 5.41) is 0. The highest BCUT2D eigenvalue weighted by molar-refractivity contribution is 5.70. The molecule has 0 fully saturated rings. The molecule has 2 rings (SSSR count).